The molecular formula is C36H39N3O4. The van der Waals surface area contributed by atoms with Crippen molar-refractivity contribution in [3.63, 3.8) is 0 Å². The fraction of sp³-hybridized carbons (Fsp3) is 0.333. The quantitative estimate of drug-likeness (QED) is 0.246. The minimum Gasteiger partial charge on any atom is -0.392 e. The molecule has 3 unspecified atom stereocenters. The van der Waals surface area contributed by atoms with E-state index in [0.29, 0.717) is 12.1 Å². The van der Waals surface area contributed by atoms with E-state index in [4.69, 9.17) is 9.47 Å². The lowest BCUT2D eigenvalue weighted by Gasteiger charge is -2.39. The predicted molar refractivity (Wildman–Crippen MR) is 166 cm³/mol. The van der Waals surface area contributed by atoms with E-state index in [-0.39, 0.29) is 24.7 Å². The Hall–Kier alpha value is -3.88. The van der Waals surface area contributed by atoms with E-state index in [1.807, 2.05) is 30.3 Å². The normalized spacial score (nSPS) is 20.9. The monoisotopic (exact) mass is 577 g/mol. The minimum atomic E-state index is -0.478. The first-order valence-electron chi connectivity index (χ1n) is 15.3. The number of rotatable bonds is 9. The van der Waals surface area contributed by atoms with E-state index in [1.165, 1.54) is 19.3 Å². The first-order chi connectivity index (χ1) is 21.2. The van der Waals surface area contributed by atoms with E-state index in [0.717, 1.165) is 59.4 Å². The van der Waals surface area contributed by atoms with Crippen molar-refractivity contribution in [2.75, 3.05) is 19.6 Å². The highest BCUT2D eigenvalue weighted by Gasteiger charge is 2.33. The number of ether oxygens (including phenoxy) is 2. The van der Waals surface area contributed by atoms with Gasteiger partial charge in [-0.05, 0) is 65.9 Å². The third kappa shape index (κ3) is 7.37. The molecule has 0 bridgehead atoms. The van der Waals surface area contributed by atoms with Crippen molar-refractivity contribution in [3.05, 3.63) is 125 Å². The molecule has 2 saturated heterocycles. The molecule has 3 atom stereocenters. The van der Waals surface area contributed by atoms with Crippen LogP contribution < -0.4 is 5.32 Å². The van der Waals surface area contributed by atoms with Gasteiger partial charge >= 0.3 is 0 Å². The Balaban J connectivity index is 1.18. The van der Waals surface area contributed by atoms with Gasteiger partial charge in [0.25, 0.3) is 5.91 Å². The van der Waals surface area contributed by atoms with Crippen molar-refractivity contribution >= 4 is 5.91 Å². The van der Waals surface area contributed by atoms with Gasteiger partial charge < -0.3 is 24.8 Å². The topological polar surface area (TPSA) is 83.9 Å². The number of hydrogen-bond acceptors (Lipinski definition) is 6. The Labute approximate surface area is 253 Å². The number of aliphatic hydroxyl groups is 1. The molecule has 0 radical (unpaired) electrons. The van der Waals surface area contributed by atoms with Gasteiger partial charge in [0.2, 0.25) is 0 Å². The van der Waals surface area contributed by atoms with Crippen LogP contribution in [0.2, 0.25) is 0 Å². The van der Waals surface area contributed by atoms with Crippen molar-refractivity contribution in [2.45, 2.75) is 57.3 Å². The van der Waals surface area contributed by atoms with Crippen molar-refractivity contribution in [2.24, 2.45) is 0 Å². The van der Waals surface area contributed by atoms with Crippen LogP contribution in [0.15, 0.2) is 97.3 Å². The maximum atomic E-state index is 12.6. The number of aliphatic hydroxyl groups excluding tert-OH is 1. The first kappa shape index (κ1) is 29.2. The van der Waals surface area contributed by atoms with Gasteiger partial charge in [-0.1, -0.05) is 79.2 Å². The average molecular weight is 578 g/mol. The second kappa shape index (κ2) is 14.1. The number of nitrogens with zero attached hydrogens (tertiary/aromatic N) is 2. The van der Waals surface area contributed by atoms with Gasteiger partial charge in [0.15, 0.2) is 6.29 Å². The van der Waals surface area contributed by atoms with Gasteiger partial charge in [0.1, 0.15) is 0 Å². The molecule has 7 heteroatoms. The molecule has 2 aliphatic heterocycles. The number of benzene rings is 3. The molecule has 1 amide bonds. The molecule has 2 fully saturated rings. The van der Waals surface area contributed by atoms with Crippen LogP contribution in [0.4, 0.5) is 0 Å². The van der Waals surface area contributed by atoms with Crippen molar-refractivity contribution < 1.29 is 19.4 Å². The van der Waals surface area contributed by atoms with Gasteiger partial charge in [0, 0.05) is 37.5 Å². The van der Waals surface area contributed by atoms with E-state index in [9.17, 15) is 9.90 Å². The summed E-state index contributed by atoms with van der Waals surface area (Å²) in [6, 6.07) is 28.1. The van der Waals surface area contributed by atoms with Crippen LogP contribution >= 0.6 is 0 Å². The van der Waals surface area contributed by atoms with Gasteiger partial charge in [-0.3, -0.25) is 9.78 Å². The number of carbonyl (C=O) groups is 1. The standard InChI is InChI=1S/C36H39N3O4/c40-25-26-10-12-28(13-11-26)34-21-32(24-39-19-4-1-5-20-39)42-36(43-34)29-16-14-27(15-17-29)33-9-3-2-7-30(33)23-38-35(41)31-8-6-18-37-22-31/h2-3,6-18,22,32,34,36,40H,1,4-5,19-21,23-25H2,(H,38,41). The summed E-state index contributed by atoms with van der Waals surface area (Å²) in [6.07, 6.45) is 7.30. The molecule has 1 aromatic heterocycles. The van der Waals surface area contributed by atoms with E-state index in [1.54, 1.807) is 24.5 Å². The zero-order valence-corrected chi connectivity index (χ0v) is 24.4. The molecular weight excluding hydrogens is 538 g/mol. The van der Waals surface area contributed by atoms with Crippen LogP contribution in [0.5, 0.6) is 0 Å². The summed E-state index contributed by atoms with van der Waals surface area (Å²) in [4.78, 5) is 19.2. The molecule has 222 valence electrons. The Morgan fingerprint density at radius 3 is 2.40 bits per heavy atom. The van der Waals surface area contributed by atoms with Crippen molar-refractivity contribution in [1.82, 2.24) is 15.2 Å². The number of aromatic nitrogens is 1. The van der Waals surface area contributed by atoms with Crippen LogP contribution in [0, 0.1) is 0 Å². The molecule has 3 aromatic carbocycles. The number of hydrogen-bond donors (Lipinski definition) is 2. The molecule has 6 rings (SSSR count). The fourth-order valence-corrected chi connectivity index (χ4v) is 6.01. The lowest BCUT2D eigenvalue weighted by atomic mass is 9.97. The largest absolute Gasteiger partial charge is 0.392 e. The van der Waals surface area contributed by atoms with Crippen LogP contribution in [0.25, 0.3) is 11.1 Å². The van der Waals surface area contributed by atoms with Crippen molar-refractivity contribution in [3.8, 4) is 11.1 Å². The lowest BCUT2D eigenvalue weighted by molar-refractivity contribution is -0.253. The number of pyridine rings is 1. The Bertz CT molecular complexity index is 1470. The van der Waals surface area contributed by atoms with E-state index in [2.05, 4.69) is 57.7 Å². The number of likely N-dealkylation sites (tertiary alicyclic amines) is 1. The fourth-order valence-electron chi connectivity index (χ4n) is 6.01. The van der Waals surface area contributed by atoms with Gasteiger partial charge in [-0.25, -0.2) is 0 Å². The minimum absolute atomic E-state index is 0.0292. The molecule has 3 heterocycles. The molecule has 7 nitrogen and oxygen atoms in total. The predicted octanol–water partition coefficient (Wildman–Crippen LogP) is 6.20. The number of carbonyl (C=O) groups excluding carboxylic acids is 1. The summed E-state index contributed by atoms with van der Waals surface area (Å²) in [5, 5.41) is 12.5. The van der Waals surface area contributed by atoms with Crippen molar-refractivity contribution in [1.29, 1.82) is 0 Å². The number of amides is 1. The third-order valence-electron chi connectivity index (χ3n) is 8.40. The summed E-state index contributed by atoms with van der Waals surface area (Å²) in [5.41, 5.74) is 6.68. The zero-order valence-electron chi connectivity index (χ0n) is 24.4. The summed E-state index contributed by atoms with van der Waals surface area (Å²) < 4.78 is 13.2. The van der Waals surface area contributed by atoms with Crippen LogP contribution in [0.3, 0.4) is 0 Å². The van der Waals surface area contributed by atoms with Crippen LogP contribution in [-0.4, -0.2) is 46.6 Å². The first-order valence-corrected chi connectivity index (χ1v) is 15.3. The molecule has 4 aromatic rings. The Kier molecular flexibility index (Phi) is 9.55. The SMILES string of the molecule is O=C(NCc1ccccc1-c1ccc(C2OC(CN3CCCCC3)CC(c3ccc(CO)cc3)O2)cc1)c1cccnc1. The molecule has 0 saturated carbocycles. The molecule has 2 aliphatic rings. The highest BCUT2D eigenvalue weighted by Crippen LogP contribution is 2.39. The molecule has 2 N–H and O–H groups in total. The third-order valence-corrected chi connectivity index (χ3v) is 8.40. The van der Waals surface area contributed by atoms with E-state index < -0.39 is 6.29 Å². The Morgan fingerprint density at radius 2 is 1.65 bits per heavy atom. The summed E-state index contributed by atoms with van der Waals surface area (Å²) in [7, 11) is 0. The van der Waals surface area contributed by atoms with Crippen LogP contribution in [-0.2, 0) is 22.6 Å². The highest BCUT2D eigenvalue weighted by molar-refractivity contribution is 5.93. The smallest absolute Gasteiger partial charge is 0.253 e. The lowest BCUT2D eigenvalue weighted by Crippen LogP contribution is -2.41. The number of piperidine rings is 1. The maximum absolute atomic E-state index is 12.6. The molecule has 0 spiro atoms. The average Bonchev–Trinajstić information content (AvgIpc) is 3.08. The number of nitrogens with one attached hydrogen (secondary N) is 1. The zero-order chi connectivity index (χ0) is 29.4. The summed E-state index contributed by atoms with van der Waals surface area (Å²) in [5.74, 6) is -0.149. The maximum Gasteiger partial charge on any atom is 0.253 e. The Morgan fingerprint density at radius 1 is 0.884 bits per heavy atom. The highest BCUT2D eigenvalue weighted by atomic mass is 16.7. The van der Waals surface area contributed by atoms with E-state index >= 15 is 0 Å². The van der Waals surface area contributed by atoms with Crippen LogP contribution in [0.1, 0.15) is 70.7 Å². The molecule has 0 aliphatic carbocycles. The van der Waals surface area contributed by atoms with Gasteiger partial charge in [-0.2, -0.15) is 0 Å². The van der Waals surface area contributed by atoms with Gasteiger partial charge in [-0.15, -0.1) is 0 Å². The summed E-state index contributed by atoms with van der Waals surface area (Å²) in [6.45, 7) is 3.59. The second-order valence-corrected chi connectivity index (χ2v) is 11.4. The molecule has 43 heavy (non-hydrogen) atoms. The summed E-state index contributed by atoms with van der Waals surface area (Å²) >= 11 is 0. The van der Waals surface area contributed by atoms with Gasteiger partial charge in [0.05, 0.1) is 24.4 Å². The second-order valence-electron chi connectivity index (χ2n) is 11.4.